The van der Waals surface area contributed by atoms with Crippen LogP contribution in [0.1, 0.15) is 101 Å². The molecule has 0 radical (unpaired) electrons. The van der Waals surface area contributed by atoms with E-state index in [1.807, 2.05) is 27.7 Å². The molecule has 3 aliphatic heterocycles. The molecule has 39 heavy (non-hydrogen) atoms. The lowest BCUT2D eigenvalue weighted by atomic mass is 9.78. The normalized spacial score (nSPS) is 35.4. The van der Waals surface area contributed by atoms with Crippen molar-refractivity contribution >= 4 is 11.8 Å². The number of rotatable bonds is 3. The maximum Gasteiger partial charge on any atom is 0.319 e. The first kappa shape index (κ1) is 36.0. The molecule has 3 saturated heterocycles. The number of carbonyl (C=O) groups excluding carboxylic acids is 2. The summed E-state index contributed by atoms with van der Waals surface area (Å²) >= 11 is 0. The number of aliphatic hydroxyl groups is 1. The Labute approximate surface area is 240 Å². The van der Waals surface area contributed by atoms with Gasteiger partial charge >= 0.3 is 5.97 Å². The summed E-state index contributed by atoms with van der Waals surface area (Å²) in [7, 11) is 2.17. The second-order valence-electron chi connectivity index (χ2n) is 13.2. The molecule has 1 N–H and O–H groups in total. The van der Waals surface area contributed by atoms with E-state index in [0.29, 0.717) is 30.3 Å². The van der Waals surface area contributed by atoms with Crippen LogP contribution in [0.2, 0.25) is 0 Å². The highest BCUT2D eigenvalue weighted by molar-refractivity contribution is 6.03. The summed E-state index contributed by atoms with van der Waals surface area (Å²) in [5, 5.41) is 9.03. The standard InChI is InChI=1S/C23H42N2O3.C7H14O2.C2H6/c1-8-9-25-13-19(14-25)20-15-28-22(27)23(5,6)21(26)18(4)11-16(2)10-17(3)12-24(20)7;1-5-3-6(2)9-7(8)4-5;1-2/h16-20H,8-15H2,1-7H3;5-8H,3-4H2,1-2H3;1-2H3/t16-,17-,18-,20+;5-,6+,7+;/m10./s1. The summed E-state index contributed by atoms with van der Waals surface area (Å²) < 4.78 is 10.9. The molecule has 3 heterocycles. The van der Waals surface area contributed by atoms with Crippen molar-refractivity contribution in [1.82, 2.24) is 9.80 Å². The first-order chi connectivity index (χ1) is 18.2. The number of hydrogen-bond acceptors (Lipinski definition) is 7. The van der Waals surface area contributed by atoms with Gasteiger partial charge in [0.25, 0.3) is 0 Å². The molecule has 7 atom stereocenters. The van der Waals surface area contributed by atoms with Crippen molar-refractivity contribution < 1.29 is 24.2 Å². The number of carbonyl (C=O) groups is 2. The average molecular weight is 555 g/mol. The second-order valence-corrected chi connectivity index (χ2v) is 13.2. The van der Waals surface area contributed by atoms with Gasteiger partial charge in [-0.3, -0.25) is 14.5 Å². The lowest BCUT2D eigenvalue weighted by Gasteiger charge is -2.46. The van der Waals surface area contributed by atoms with Gasteiger partial charge in [-0.1, -0.05) is 48.5 Å². The van der Waals surface area contributed by atoms with E-state index in [4.69, 9.17) is 14.6 Å². The molecule has 0 aromatic rings. The third-order valence-corrected chi connectivity index (χ3v) is 8.48. The van der Waals surface area contributed by atoms with Gasteiger partial charge in [0, 0.05) is 43.9 Å². The van der Waals surface area contributed by atoms with Crippen LogP contribution in [0.25, 0.3) is 0 Å². The lowest BCUT2D eigenvalue weighted by molar-refractivity contribution is -0.169. The third kappa shape index (κ3) is 11.4. The van der Waals surface area contributed by atoms with Gasteiger partial charge < -0.3 is 19.5 Å². The van der Waals surface area contributed by atoms with Gasteiger partial charge in [0.1, 0.15) is 12.0 Å². The first-order valence-corrected chi connectivity index (χ1v) is 15.7. The Hall–Kier alpha value is -1.02. The van der Waals surface area contributed by atoms with E-state index < -0.39 is 11.7 Å². The topological polar surface area (TPSA) is 79.3 Å². The van der Waals surface area contributed by atoms with E-state index in [-0.39, 0.29) is 29.8 Å². The molecule has 0 saturated carbocycles. The van der Waals surface area contributed by atoms with Gasteiger partial charge in [-0.15, -0.1) is 0 Å². The number of ether oxygens (including phenoxy) is 2. The number of likely N-dealkylation sites (tertiary alicyclic amines) is 1. The van der Waals surface area contributed by atoms with Crippen molar-refractivity contribution in [2.24, 2.45) is 35.0 Å². The molecular weight excluding hydrogens is 492 g/mol. The van der Waals surface area contributed by atoms with Crippen molar-refractivity contribution in [2.75, 3.05) is 39.8 Å². The molecule has 0 aromatic heterocycles. The van der Waals surface area contributed by atoms with Gasteiger partial charge in [-0.2, -0.15) is 0 Å². The molecule has 0 aliphatic carbocycles. The van der Waals surface area contributed by atoms with Crippen molar-refractivity contribution in [3.05, 3.63) is 0 Å². The summed E-state index contributed by atoms with van der Waals surface area (Å²) in [5.74, 6) is 1.69. The van der Waals surface area contributed by atoms with Crippen LogP contribution >= 0.6 is 0 Å². The number of Topliss-reactive ketones (excluding diaryl/α,β-unsaturated/α-hetero) is 1. The molecule has 230 valence electrons. The van der Waals surface area contributed by atoms with Crippen LogP contribution in [-0.4, -0.2) is 84.9 Å². The largest absolute Gasteiger partial charge is 0.463 e. The SMILES string of the molecule is CC.CCCN1CC([C@@H]2COC(=O)C(C)(C)C(=O)[C@H](C)C[C@H](C)C[C@@H](C)CN2C)C1.C[C@H]1C[C@@H](C)O[C@@H](O)C1. The molecule has 7 nitrogen and oxygen atoms in total. The highest BCUT2D eigenvalue weighted by Gasteiger charge is 2.42. The summed E-state index contributed by atoms with van der Waals surface area (Å²) in [4.78, 5) is 30.6. The van der Waals surface area contributed by atoms with E-state index in [0.717, 1.165) is 51.9 Å². The number of hydrogen-bond donors (Lipinski definition) is 1. The average Bonchev–Trinajstić information content (AvgIpc) is 2.81. The number of cyclic esters (lactones) is 1. The third-order valence-electron chi connectivity index (χ3n) is 8.48. The summed E-state index contributed by atoms with van der Waals surface area (Å²) in [6.45, 7) is 25.0. The highest BCUT2D eigenvalue weighted by Crippen LogP contribution is 2.31. The fourth-order valence-corrected chi connectivity index (χ4v) is 6.61. The molecule has 3 fully saturated rings. The Balaban J connectivity index is 0.000000578. The Morgan fingerprint density at radius 1 is 0.897 bits per heavy atom. The van der Waals surface area contributed by atoms with E-state index in [9.17, 15) is 9.59 Å². The van der Waals surface area contributed by atoms with E-state index in [1.54, 1.807) is 13.8 Å². The molecule has 0 amide bonds. The van der Waals surface area contributed by atoms with E-state index >= 15 is 0 Å². The van der Waals surface area contributed by atoms with Gasteiger partial charge in [0.15, 0.2) is 12.1 Å². The molecule has 0 spiro atoms. The molecule has 0 unspecified atom stereocenters. The molecule has 0 aromatic carbocycles. The molecule has 0 bridgehead atoms. The molecular formula is C32H62N2O5. The smallest absolute Gasteiger partial charge is 0.319 e. The Morgan fingerprint density at radius 3 is 2.03 bits per heavy atom. The number of esters is 1. The minimum Gasteiger partial charge on any atom is -0.463 e. The van der Waals surface area contributed by atoms with Crippen LogP contribution in [0.5, 0.6) is 0 Å². The molecule has 7 heteroatoms. The maximum absolute atomic E-state index is 13.0. The summed E-state index contributed by atoms with van der Waals surface area (Å²) in [6.07, 6.45) is 4.72. The monoisotopic (exact) mass is 554 g/mol. The van der Waals surface area contributed by atoms with Crippen LogP contribution in [0.15, 0.2) is 0 Å². The highest BCUT2D eigenvalue weighted by atomic mass is 16.6. The number of likely N-dealkylation sites (N-methyl/N-ethyl adjacent to an activating group) is 1. The zero-order valence-corrected chi connectivity index (χ0v) is 27.2. The fourth-order valence-electron chi connectivity index (χ4n) is 6.61. The van der Waals surface area contributed by atoms with Crippen LogP contribution < -0.4 is 0 Å². The Morgan fingerprint density at radius 2 is 1.49 bits per heavy atom. The summed E-state index contributed by atoms with van der Waals surface area (Å²) in [6, 6.07) is 0.221. The van der Waals surface area contributed by atoms with E-state index in [2.05, 4.69) is 44.5 Å². The summed E-state index contributed by atoms with van der Waals surface area (Å²) in [5.41, 5.74) is -1.07. The number of ketones is 1. The van der Waals surface area contributed by atoms with Crippen LogP contribution in [0, 0.1) is 35.0 Å². The molecule has 3 rings (SSSR count). The van der Waals surface area contributed by atoms with Gasteiger partial charge in [0.2, 0.25) is 0 Å². The fraction of sp³-hybridized carbons (Fsp3) is 0.938. The van der Waals surface area contributed by atoms with E-state index in [1.165, 1.54) is 6.42 Å². The van der Waals surface area contributed by atoms with Crippen molar-refractivity contribution in [3.63, 3.8) is 0 Å². The minimum atomic E-state index is -1.07. The predicted octanol–water partition coefficient (Wildman–Crippen LogP) is 5.64. The van der Waals surface area contributed by atoms with Gasteiger partial charge in [0.05, 0.1) is 6.10 Å². The van der Waals surface area contributed by atoms with Gasteiger partial charge in [-0.05, 0) is 77.8 Å². The Bertz CT molecular complexity index is 698. The van der Waals surface area contributed by atoms with Crippen molar-refractivity contribution in [1.29, 1.82) is 0 Å². The predicted molar refractivity (Wildman–Crippen MR) is 159 cm³/mol. The van der Waals surface area contributed by atoms with Crippen molar-refractivity contribution in [3.8, 4) is 0 Å². The quantitative estimate of drug-likeness (QED) is 0.357. The van der Waals surface area contributed by atoms with Gasteiger partial charge in [-0.25, -0.2) is 0 Å². The van der Waals surface area contributed by atoms with Crippen LogP contribution in [0.4, 0.5) is 0 Å². The number of nitrogens with zero attached hydrogens (tertiary/aromatic N) is 2. The number of aliphatic hydroxyl groups excluding tert-OH is 1. The van der Waals surface area contributed by atoms with Crippen LogP contribution in [0.3, 0.4) is 0 Å². The molecule has 3 aliphatic rings. The van der Waals surface area contributed by atoms with Crippen LogP contribution in [-0.2, 0) is 19.1 Å². The maximum atomic E-state index is 13.0. The first-order valence-electron chi connectivity index (χ1n) is 15.7. The zero-order valence-electron chi connectivity index (χ0n) is 27.2. The Kier molecular flexibility index (Phi) is 15.7. The second kappa shape index (κ2) is 17.1. The van der Waals surface area contributed by atoms with Crippen molar-refractivity contribution in [2.45, 2.75) is 120 Å². The lowest BCUT2D eigenvalue weighted by Crippen LogP contribution is -2.58. The zero-order chi connectivity index (χ0) is 29.9. The minimum absolute atomic E-state index is 0.0129.